The summed E-state index contributed by atoms with van der Waals surface area (Å²) in [5.74, 6) is 1.14. The van der Waals surface area contributed by atoms with Gasteiger partial charge in [0.05, 0.1) is 0 Å². The minimum absolute atomic E-state index is 0.0119. The minimum atomic E-state index is -0.263. The molecule has 5 nitrogen and oxygen atoms in total. The number of carbonyl (C=O) groups is 1. The number of aromatic nitrogens is 2. The number of carbonyl (C=O) groups excluding carboxylic acids is 1. The van der Waals surface area contributed by atoms with E-state index in [0.29, 0.717) is 11.9 Å². The predicted molar refractivity (Wildman–Crippen MR) is 79.7 cm³/mol. The molecule has 1 saturated carbocycles. The van der Waals surface area contributed by atoms with Gasteiger partial charge >= 0.3 is 0 Å². The van der Waals surface area contributed by atoms with Gasteiger partial charge in [0.1, 0.15) is 6.04 Å². The van der Waals surface area contributed by atoms with Crippen LogP contribution in [0.15, 0.2) is 6.07 Å². The van der Waals surface area contributed by atoms with Crippen LogP contribution in [0.2, 0.25) is 0 Å². The normalized spacial score (nSPS) is 16.4. The van der Waals surface area contributed by atoms with Crippen molar-refractivity contribution in [1.82, 2.24) is 15.3 Å². The standard InChI is InChI=1S/C15H24N4O/c1-4-6-12(14(20)16-3)18-15-17-10(2)9-13(19-15)11-7-5-8-11/h9,11-12H,4-8H2,1-3H3,(H,16,20)(H,17,18,19). The van der Waals surface area contributed by atoms with E-state index < -0.39 is 0 Å². The fourth-order valence-corrected chi connectivity index (χ4v) is 2.46. The van der Waals surface area contributed by atoms with E-state index in [0.717, 1.165) is 24.2 Å². The zero-order chi connectivity index (χ0) is 14.5. The van der Waals surface area contributed by atoms with Gasteiger partial charge in [0.25, 0.3) is 0 Å². The summed E-state index contributed by atoms with van der Waals surface area (Å²) in [6.45, 7) is 4.04. The highest BCUT2D eigenvalue weighted by Gasteiger charge is 2.23. The van der Waals surface area contributed by atoms with Crippen molar-refractivity contribution in [3.05, 3.63) is 17.5 Å². The molecule has 2 rings (SSSR count). The molecule has 0 aromatic carbocycles. The number of hydrogen-bond acceptors (Lipinski definition) is 4. The topological polar surface area (TPSA) is 66.9 Å². The van der Waals surface area contributed by atoms with E-state index in [1.807, 2.05) is 6.92 Å². The first-order chi connectivity index (χ1) is 9.63. The fraction of sp³-hybridized carbons (Fsp3) is 0.667. The maximum absolute atomic E-state index is 11.8. The lowest BCUT2D eigenvalue weighted by Crippen LogP contribution is -2.38. The molecule has 0 spiro atoms. The van der Waals surface area contributed by atoms with Crippen molar-refractivity contribution < 1.29 is 4.79 Å². The van der Waals surface area contributed by atoms with E-state index in [1.54, 1.807) is 7.05 Å². The number of likely N-dealkylation sites (N-methyl/N-ethyl adjacent to an activating group) is 1. The third-order valence-corrected chi connectivity index (χ3v) is 3.84. The van der Waals surface area contributed by atoms with Crippen LogP contribution >= 0.6 is 0 Å². The maximum atomic E-state index is 11.8. The van der Waals surface area contributed by atoms with Crippen LogP contribution in [0.1, 0.15) is 56.3 Å². The lowest BCUT2D eigenvalue weighted by Gasteiger charge is -2.25. The van der Waals surface area contributed by atoms with Crippen molar-refractivity contribution in [1.29, 1.82) is 0 Å². The van der Waals surface area contributed by atoms with Gasteiger partial charge in [-0.15, -0.1) is 0 Å². The van der Waals surface area contributed by atoms with E-state index in [2.05, 4.69) is 33.6 Å². The Bertz CT molecular complexity index is 471. The van der Waals surface area contributed by atoms with Crippen LogP contribution in [0.4, 0.5) is 5.95 Å². The van der Waals surface area contributed by atoms with Crippen molar-refractivity contribution in [3.63, 3.8) is 0 Å². The van der Waals surface area contributed by atoms with Crippen LogP contribution < -0.4 is 10.6 Å². The molecule has 5 heteroatoms. The maximum Gasteiger partial charge on any atom is 0.242 e. The molecule has 2 N–H and O–H groups in total. The third kappa shape index (κ3) is 3.46. The van der Waals surface area contributed by atoms with Crippen molar-refractivity contribution in [2.24, 2.45) is 0 Å². The zero-order valence-electron chi connectivity index (χ0n) is 12.6. The molecule has 1 aromatic rings. The number of rotatable bonds is 6. The summed E-state index contributed by atoms with van der Waals surface area (Å²) in [5.41, 5.74) is 2.06. The average molecular weight is 276 g/mol. The van der Waals surface area contributed by atoms with E-state index in [-0.39, 0.29) is 11.9 Å². The molecule has 1 aliphatic rings. The number of hydrogen-bond donors (Lipinski definition) is 2. The number of anilines is 1. The largest absolute Gasteiger partial charge is 0.357 e. The smallest absolute Gasteiger partial charge is 0.242 e. The summed E-state index contributed by atoms with van der Waals surface area (Å²) in [6, 6.07) is 1.80. The van der Waals surface area contributed by atoms with E-state index >= 15 is 0 Å². The molecular weight excluding hydrogens is 252 g/mol. The molecule has 1 atom stereocenters. The predicted octanol–water partition coefficient (Wildman–Crippen LogP) is 2.38. The van der Waals surface area contributed by atoms with Gasteiger partial charge in [-0.3, -0.25) is 4.79 Å². The second-order valence-corrected chi connectivity index (χ2v) is 5.49. The Hall–Kier alpha value is -1.65. The molecule has 0 radical (unpaired) electrons. The highest BCUT2D eigenvalue weighted by atomic mass is 16.2. The van der Waals surface area contributed by atoms with E-state index in [9.17, 15) is 4.79 Å². The highest BCUT2D eigenvalue weighted by Crippen LogP contribution is 2.35. The van der Waals surface area contributed by atoms with E-state index in [4.69, 9.17) is 0 Å². The van der Waals surface area contributed by atoms with Crippen LogP contribution in [-0.2, 0) is 4.79 Å². The number of amides is 1. The first kappa shape index (κ1) is 14.8. The van der Waals surface area contributed by atoms with Crippen molar-refractivity contribution >= 4 is 11.9 Å². The lowest BCUT2D eigenvalue weighted by atomic mass is 9.83. The second kappa shape index (κ2) is 6.68. The molecule has 1 heterocycles. The van der Waals surface area contributed by atoms with Crippen molar-refractivity contribution in [2.75, 3.05) is 12.4 Å². The summed E-state index contributed by atoms with van der Waals surface area (Å²) in [4.78, 5) is 20.9. The van der Waals surface area contributed by atoms with Gasteiger partial charge in [-0.05, 0) is 32.3 Å². The van der Waals surface area contributed by atoms with Gasteiger partial charge in [-0.1, -0.05) is 19.8 Å². The number of nitrogens with zero attached hydrogens (tertiary/aromatic N) is 2. The molecule has 1 unspecified atom stereocenters. The molecule has 110 valence electrons. The van der Waals surface area contributed by atoms with Crippen molar-refractivity contribution in [3.8, 4) is 0 Å². The molecule has 20 heavy (non-hydrogen) atoms. The zero-order valence-corrected chi connectivity index (χ0v) is 12.6. The molecule has 1 fully saturated rings. The van der Waals surface area contributed by atoms with Gasteiger partial charge < -0.3 is 10.6 Å². The quantitative estimate of drug-likeness (QED) is 0.837. The first-order valence-electron chi connectivity index (χ1n) is 7.47. The Labute approximate surface area is 120 Å². The lowest BCUT2D eigenvalue weighted by molar-refractivity contribution is -0.121. The van der Waals surface area contributed by atoms with Crippen molar-refractivity contribution in [2.45, 2.75) is 57.9 Å². The summed E-state index contributed by atoms with van der Waals surface area (Å²) >= 11 is 0. The van der Waals surface area contributed by atoms with Gasteiger partial charge in [-0.2, -0.15) is 0 Å². The Morgan fingerprint density at radius 2 is 2.20 bits per heavy atom. The van der Waals surface area contributed by atoms with Gasteiger partial charge in [0, 0.05) is 24.4 Å². The molecule has 0 bridgehead atoms. The molecular formula is C15H24N4O. The van der Waals surface area contributed by atoms with Crippen LogP contribution in [0.3, 0.4) is 0 Å². The number of nitrogens with one attached hydrogen (secondary N) is 2. The Morgan fingerprint density at radius 1 is 1.45 bits per heavy atom. The summed E-state index contributed by atoms with van der Waals surface area (Å²) in [7, 11) is 1.66. The third-order valence-electron chi connectivity index (χ3n) is 3.84. The summed E-state index contributed by atoms with van der Waals surface area (Å²) < 4.78 is 0. The Balaban J connectivity index is 2.13. The average Bonchev–Trinajstić information content (AvgIpc) is 2.34. The summed E-state index contributed by atoms with van der Waals surface area (Å²) in [6.07, 6.45) is 5.42. The Morgan fingerprint density at radius 3 is 2.75 bits per heavy atom. The molecule has 1 aromatic heterocycles. The number of aryl methyl sites for hydroxylation is 1. The SMILES string of the molecule is CCCC(Nc1nc(C)cc(C2CCC2)n1)C(=O)NC. The monoisotopic (exact) mass is 276 g/mol. The second-order valence-electron chi connectivity index (χ2n) is 5.49. The fourth-order valence-electron chi connectivity index (χ4n) is 2.46. The van der Waals surface area contributed by atoms with Gasteiger partial charge in [0.15, 0.2) is 0 Å². The molecule has 0 saturated heterocycles. The minimum Gasteiger partial charge on any atom is -0.357 e. The molecule has 1 amide bonds. The van der Waals surface area contributed by atoms with Crippen LogP contribution in [0, 0.1) is 6.92 Å². The molecule has 0 aliphatic heterocycles. The van der Waals surface area contributed by atoms with E-state index in [1.165, 1.54) is 19.3 Å². The van der Waals surface area contributed by atoms with Crippen LogP contribution in [-0.4, -0.2) is 29.0 Å². The highest BCUT2D eigenvalue weighted by molar-refractivity contribution is 5.83. The van der Waals surface area contributed by atoms with Crippen LogP contribution in [0.25, 0.3) is 0 Å². The Kier molecular flexibility index (Phi) is 4.93. The van der Waals surface area contributed by atoms with Crippen LogP contribution in [0.5, 0.6) is 0 Å². The summed E-state index contributed by atoms with van der Waals surface area (Å²) in [5, 5.41) is 5.87. The molecule has 1 aliphatic carbocycles. The first-order valence-corrected chi connectivity index (χ1v) is 7.47. The van der Waals surface area contributed by atoms with Gasteiger partial charge in [-0.25, -0.2) is 9.97 Å². The van der Waals surface area contributed by atoms with Gasteiger partial charge in [0.2, 0.25) is 11.9 Å².